The fourth-order valence-electron chi connectivity index (χ4n) is 2.41. The predicted octanol–water partition coefficient (Wildman–Crippen LogP) is 0.904. The third kappa shape index (κ3) is 3.69. The molecule has 0 aliphatic heterocycles. The Morgan fingerprint density at radius 1 is 1.17 bits per heavy atom. The molecule has 1 aromatic carbocycles. The third-order valence-corrected chi connectivity index (χ3v) is 3.60. The summed E-state index contributed by atoms with van der Waals surface area (Å²) in [6.07, 6.45) is 1.57. The van der Waals surface area contributed by atoms with Gasteiger partial charge in [-0.05, 0) is 24.3 Å². The number of aromatic nitrogens is 2. The van der Waals surface area contributed by atoms with E-state index < -0.39 is 0 Å². The number of amides is 1. The van der Waals surface area contributed by atoms with E-state index in [1.165, 1.54) is 4.90 Å². The average molecular weight is 327 g/mol. The molecule has 0 spiro atoms. The van der Waals surface area contributed by atoms with E-state index >= 15 is 0 Å². The van der Waals surface area contributed by atoms with Crippen molar-refractivity contribution in [2.75, 3.05) is 14.1 Å². The molecule has 1 amide bonds. The summed E-state index contributed by atoms with van der Waals surface area (Å²) < 4.78 is 10.8. The van der Waals surface area contributed by atoms with Gasteiger partial charge in [0.25, 0.3) is 17.7 Å². The molecule has 24 heavy (non-hydrogen) atoms. The Morgan fingerprint density at radius 3 is 2.62 bits per heavy atom. The average Bonchev–Trinajstić information content (AvgIpc) is 3.26. The first-order valence-corrected chi connectivity index (χ1v) is 7.64. The van der Waals surface area contributed by atoms with Crippen LogP contribution in [0.3, 0.4) is 0 Å². The van der Waals surface area contributed by atoms with Gasteiger partial charge in [0, 0.05) is 18.2 Å². The lowest BCUT2D eigenvalue weighted by atomic mass is 10.1. The van der Waals surface area contributed by atoms with Crippen LogP contribution in [0, 0.1) is 0 Å². The zero-order valence-electron chi connectivity index (χ0n) is 13.6. The number of nitrogens with one attached hydrogen (secondary N) is 2. The number of furan rings is 1. The first-order chi connectivity index (χ1) is 11.7. The molecule has 1 unspecified atom stereocenters. The fraction of sp³-hybridized carbons (Fsp3) is 0.235. The molecule has 0 saturated carbocycles. The summed E-state index contributed by atoms with van der Waals surface area (Å²) in [5, 5.41) is 10.7. The molecule has 7 heteroatoms. The van der Waals surface area contributed by atoms with Crippen LogP contribution in [-0.2, 0) is 13.1 Å². The SMILES string of the molecule is CNC(=O)c1ccc(C[NH+](C)Cc2nnc(-c3ccco3)o2)cc1. The monoisotopic (exact) mass is 327 g/mol. The second kappa shape index (κ2) is 7.10. The van der Waals surface area contributed by atoms with E-state index in [4.69, 9.17) is 8.83 Å². The summed E-state index contributed by atoms with van der Waals surface area (Å²) in [6, 6.07) is 11.1. The zero-order chi connectivity index (χ0) is 16.9. The van der Waals surface area contributed by atoms with Gasteiger partial charge in [-0.15, -0.1) is 10.2 Å². The molecule has 2 aromatic heterocycles. The van der Waals surface area contributed by atoms with Gasteiger partial charge in [-0.1, -0.05) is 12.1 Å². The number of carbonyl (C=O) groups is 1. The molecule has 0 bridgehead atoms. The highest BCUT2D eigenvalue weighted by atomic mass is 16.4. The highest BCUT2D eigenvalue weighted by molar-refractivity contribution is 5.93. The van der Waals surface area contributed by atoms with Crippen LogP contribution in [-0.4, -0.2) is 30.2 Å². The molecule has 3 rings (SSSR count). The molecule has 3 aromatic rings. The van der Waals surface area contributed by atoms with Crippen LogP contribution < -0.4 is 10.2 Å². The molecule has 7 nitrogen and oxygen atoms in total. The molecule has 1 atom stereocenters. The molecule has 2 heterocycles. The van der Waals surface area contributed by atoms with E-state index in [1.807, 2.05) is 31.3 Å². The molecule has 0 aliphatic rings. The second-order valence-corrected chi connectivity index (χ2v) is 5.56. The summed E-state index contributed by atoms with van der Waals surface area (Å²) in [5.41, 5.74) is 1.78. The van der Waals surface area contributed by atoms with E-state index in [0.29, 0.717) is 29.6 Å². The van der Waals surface area contributed by atoms with Crippen molar-refractivity contribution in [1.82, 2.24) is 15.5 Å². The number of hydrogen-bond donors (Lipinski definition) is 2. The number of nitrogens with zero attached hydrogens (tertiary/aromatic N) is 2. The highest BCUT2D eigenvalue weighted by Crippen LogP contribution is 2.17. The van der Waals surface area contributed by atoms with Gasteiger partial charge >= 0.3 is 0 Å². The van der Waals surface area contributed by atoms with E-state index in [2.05, 4.69) is 15.5 Å². The molecular formula is C17H19N4O3+. The summed E-state index contributed by atoms with van der Waals surface area (Å²) in [4.78, 5) is 12.7. The molecule has 0 aliphatic carbocycles. The number of hydrogen-bond acceptors (Lipinski definition) is 5. The topological polar surface area (TPSA) is 85.6 Å². The Labute approximate surface area is 139 Å². The highest BCUT2D eigenvalue weighted by Gasteiger charge is 2.15. The van der Waals surface area contributed by atoms with Crippen LogP contribution >= 0.6 is 0 Å². The van der Waals surface area contributed by atoms with Gasteiger partial charge in [-0.2, -0.15) is 0 Å². The summed E-state index contributed by atoms with van der Waals surface area (Å²) in [6.45, 7) is 1.39. The van der Waals surface area contributed by atoms with Crippen molar-refractivity contribution in [3.63, 3.8) is 0 Å². The Kier molecular flexibility index (Phi) is 4.72. The lowest BCUT2D eigenvalue weighted by Crippen LogP contribution is -3.06. The van der Waals surface area contributed by atoms with Gasteiger partial charge in [0.2, 0.25) is 0 Å². The fourth-order valence-corrected chi connectivity index (χ4v) is 2.41. The van der Waals surface area contributed by atoms with Crippen LogP contribution in [0.5, 0.6) is 0 Å². The van der Waals surface area contributed by atoms with Crippen molar-refractivity contribution in [2.24, 2.45) is 0 Å². The lowest BCUT2D eigenvalue weighted by molar-refractivity contribution is -0.909. The third-order valence-electron chi connectivity index (χ3n) is 3.60. The van der Waals surface area contributed by atoms with Crippen LogP contribution in [0.4, 0.5) is 0 Å². The van der Waals surface area contributed by atoms with Crippen molar-refractivity contribution in [3.8, 4) is 11.7 Å². The maximum absolute atomic E-state index is 11.5. The standard InChI is InChI=1S/C17H18N4O3/c1-18-16(22)13-7-5-12(6-8-13)10-21(2)11-15-19-20-17(24-15)14-4-3-9-23-14/h3-9H,10-11H2,1-2H3,(H,18,22)/p+1. The molecule has 0 fully saturated rings. The second-order valence-electron chi connectivity index (χ2n) is 5.56. The maximum Gasteiger partial charge on any atom is 0.283 e. The van der Waals surface area contributed by atoms with Gasteiger partial charge in [-0.3, -0.25) is 4.79 Å². The number of quaternary nitrogens is 1. The Hall–Kier alpha value is -2.93. The zero-order valence-corrected chi connectivity index (χ0v) is 13.6. The van der Waals surface area contributed by atoms with Gasteiger partial charge in [0.15, 0.2) is 12.3 Å². The van der Waals surface area contributed by atoms with Crippen molar-refractivity contribution in [2.45, 2.75) is 13.1 Å². The van der Waals surface area contributed by atoms with E-state index in [0.717, 1.165) is 12.1 Å². The number of carbonyl (C=O) groups excluding carboxylic acids is 1. The van der Waals surface area contributed by atoms with E-state index in [-0.39, 0.29) is 5.91 Å². The Morgan fingerprint density at radius 2 is 1.96 bits per heavy atom. The van der Waals surface area contributed by atoms with Crippen LogP contribution in [0.25, 0.3) is 11.7 Å². The molecule has 0 radical (unpaired) electrons. The molecule has 0 saturated heterocycles. The Bertz CT molecular complexity index is 794. The van der Waals surface area contributed by atoms with Gasteiger partial charge < -0.3 is 19.1 Å². The van der Waals surface area contributed by atoms with E-state index in [1.54, 1.807) is 25.4 Å². The van der Waals surface area contributed by atoms with Crippen molar-refractivity contribution >= 4 is 5.91 Å². The smallest absolute Gasteiger partial charge is 0.283 e. The summed E-state index contributed by atoms with van der Waals surface area (Å²) in [5.74, 6) is 1.42. The number of rotatable bonds is 6. The first-order valence-electron chi connectivity index (χ1n) is 7.64. The minimum absolute atomic E-state index is 0.0847. The van der Waals surface area contributed by atoms with Crippen LogP contribution in [0.1, 0.15) is 21.8 Å². The van der Waals surface area contributed by atoms with Crippen LogP contribution in [0.2, 0.25) is 0 Å². The Balaban J connectivity index is 1.59. The van der Waals surface area contributed by atoms with E-state index in [9.17, 15) is 4.79 Å². The predicted molar refractivity (Wildman–Crippen MR) is 86.1 cm³/mol. The summed E-state index contributed by atoms with van der Waals surface area (Å²) >= 11 is 0. The first kappa shape index (κ1) is 15.9. The maximum atomic E-state index is 11.5. The quantitative estimate of drug-likeness (QED) is 0.703. The van der Waals surface area contributed by atoms with Gasteiger partial charge in [-0.25, -0.2) is 0 Å². The lowest BCUT2D eigenvalue weighted by Gasteiger charge is -2.12. The largest absolute Gasteiger partial charge is 0.459 e. The van der Waals surface area contributed by atoms with Crippen LogP contribution in [0.15, 0.2) is 51.5 Å². The molecular weight excluding hydrogens is 308 g/mol. The van der Waals surface area contributed by atoms with Crippen molar-refractivity contribution in [1.29, 1.82) is 0 Å². The van der Waals surface area contributed by atoms with Gasteiger partial charge in [0.1, 0.15) is 6.54 Å². The number of benzene rings is 1. The van der Waals surface area contributed by atoms with Gasteiger partial charge in [0.05, 0.1) is 13.3 Å². The van der Waals surface area contributed by atoms with Crippen molar-refractivity contribution < 1.29 is 18.5 Å². The minimum atomic E-state index is -0.0847. The molecule has 124 valence electrons. The summed E-state index contributed by atoms with van der Waals surface area (Å²) in [7, 11) is 3.67. The van der Waals surface area contributed by atoms with Crippen molar-refractivity contribution in [3.05, 3.63) is 59.7 Å². The molecule has 2 N–H and O–H groups in total. The minimum Gasteiger partial charge on any atom is -0.459 e. The normalized spacial score (nSPS) is 12.1.